The molecular formula is C8H4F3NOS. The summed E-state index contributed by atoms with van der Waals surface area (Å²) in [7, 11) is 0. The van der Waals surface area contributed by atoms with Gasteiger partial charge in [-0.3, -0.25) is 0 Å². The highest BCUT2D eigenvalue weighted by Gasteiger charge is 2.32. The summed E-state index contributed by atoms with van der Waals surface area (Å²) in [6, 6.07) is 5.44. The summed E-state index contributed by atoms with van der Waals surface area (Å²) in [6.45, 7) is 0. The molecule has 0 radical (unpaired) electrons. The van der Waals surface area contributed by atoms with Crippen LogP contribution in [0.3, 0.4) is 0 Å². The van der Waals surface area contributed by atoms with Crippen LogP contribution in [0.4, 0.5) is 13.2 Å². The molecule has 0 heterocycles. The van der Waals surface area contributed by atoms with Crippen LogP contribution in [-0.4, -0.2) is 6.36 Å². The van der Waals surface area contributed by atoms with Crippen LogP contribution < -0.4 is 4.74 Å². The lowest BCUT2D eigenvalue weighted by molar-refractivity contribution is -0.275. The van der Waals surface area contributed by atoms with Gasteiger partial charge in [-0.05, 0) is 12.1 Å². The van der Waals surface area contributed by atoms with Crippen molar-refractivity contribution in [2.24, 2.45) is 0 Å². The van der Waals surface area contributed by atoms with Gasteiger partial charge in [0.05, 0.1) is 10.5 Å². The quantitative estimate of drug-likeness (QED) is 0.736. The summed E-state index contributed by atoms with van der Waals surface area (Å²) in [5.41, 5.74) is 0.0371. The molecular weight excluding hydrogens is 215 g/mol. The van der Waals surface area contributed by atoms with E-state index in [0.29, 0.717) is 0 Å². The zero-order chi connectivity index (χ0) is 10.8. The zero-order valence-electron chi connectivity index (χ0n) is 6.67. The van der Waals surface area contributed by atoms with E-state index in [1.54, 1.807) is 6.07 Å². The van der Waals surface area contributed by atoms with Gasteiger partial charge in [0.25, 0.3) is 0 Å². The van der Waals surface area contributed by atoms with Gasteiger partial charge in [-0.2, -0.15) is 5.26 Å². The number of hydrogen-bond donors (Lipinski definition) is 1. The molecule has 0 amide bonds. The van der Waals surface area contributed by atoms with E-state index in [2.05, 4.69) is 17.4 Å². The lowest BCUT2D eigenvalue weighted by Gasteiger charge is -2.10. The van der Waals surface area contributed by atoms with Crippen LogP contribution in [0, 0.1) is 11.3 Å². The highest BCUT2D eigenvalue weighted by atomic mass is 32.1. The van der Waals surface area contributed by atoms with Gasteiger partial charge in [-0.25, -0.2) is 0 Å². The summed E-state index contributed by atoms with van der Waals surface area (Å²) in [4.78, 5) is -0.118. The molecule has 6 heteroatoms. The van der Waals surface area contributed by atoms with Crippen molar-refractivity contribution in [1.82, 2.24) is 0 Å². The van der Waals surface area contributed by atoms with Crippen molar-refractivity contribution in [2.75, 3.05) is 0 Å². The first-order valence-corrected chi connectivity index (χ1v) is 3.86. The van der Waals surface area contributed by atoms with E-state index < -0.39 is 12.1 Å². The molecule has 2 nitrogen and oxygen atoms in total. The number of thiol groups is 1. The van der Waals surface area contributed by atoms with Gasteiger partial charge in [-0.1, -0.05) is 6.07 Å². The molecule has 0 N–H and O–H groups in total. The van der Waals surface area contributed by atoms with Crippen LogP contribution in [0.2, 0.25) is 0 Å². The molecule has 0 aliphatic carbocycles. The number of ether oxygens (including phenoxy) is 1. The average Bonchev–Trinajstić information content (AvgIpc) is 2.06. The van der Waals surface area contributed by atoms with E-state index in [-0.39, 0.29) is 10.5 Å². The SMILES string of the molecule is N#Cc1cccc(OC(F)(F)F)c1S. The Balaban J connectivity index is 3.06. The second kappa shape index (κ2) is 3.80. The molecule has 14 heavy (non-hydrogen) atoms. The monoisotopic (exact) mass is 219 g/mol. The van der Waals surface area contributed by atoms with Crippen LogP contribution in [-0.2, 0) is 0 Å². The minimum Gasteiger partial charge on any atom is -0.405 e. The first kappa shape index (κ1) is 10.7. The smallest absolute Gasteiger partial charge is 0.405 e. The summed E-state index contributed by atoms with van der Waals surface area (Å²) in [5.74, 6) is -0.472. The molecule has 0 aromatic heterocycles. The van der Waals surface area contributed by atoms with Gasteiger partial charge in [0.1, 0.15) is 11.8 Å². The molecule has 0 spiro atoms. The van der Waals surface area contributed by atoms with Crippen molar-refractivity contribution in [3.8, 4) is 11.8 Å². The molecule has 0 fully saturated rings. The summed E-state index contributed by atoms with van der Waals surface area (Å²) in [5, 5.41) is 8.51. The molecule has 0 unspecified atom stereocenters. The van der Waals surface area contributed by atoms with E-state index in [1.165, 1.54) is 12.1 Å². The van der Waals surface area contributed by atoms with Gasteiger partial charge in [0.2, 0.25) is 0 Å². The number of nitrogens with zero attached hydrogens (tertiary/aromatic N) is 1. The highest BCUT2D eigenvalue weighted by Crippen LogP contribution is 2.30. The fourth-order valence-electron chi connectivity index (χ4n) is 0.820. The molecule has 0 saturated heterocycles. The first-order valence-electron chi connectivity index (χ1n) is 3.42. The molecule has 1 rings (SSSR count). The Kier molecular flexibility index (Phi) is 2.91. The van der Waals surface area contributed by atoms with E-state index in [4.69, 9.17) is 5.26 Å². The maximum absolute atomic E-state index is 11.8. The molecule has 1 aromatic rings. The maximum atomic E-state index is 11.8. The van der Waals surface area contributed by atoms with Crippen molar-refractivity contribution in [2.45, 2.75) is 11.3 Å². The zero-order valence-corrected chi connectivity index (χ0v) is 7.56. The molecule has 0 saturated carbocycles. The van der Waals surface area contributed by atoms with Crippen molar-refractivity contribution in [3.63, 3.8) is 0 Å². The minimum absolute atomic E-state index is 0.0371. The maximum Gasteiger partial charge on any atom is 0.573 e. The van der Waals surface area contributed by atoms with E-state index in [9.17, 15) is 13.2 Å². The third-order valence-corrected chi connectivity index (χ3v) is 1.81. The summed E-state index contributed by atoms with van der Waals surface area (Å²) in [6.07, 6.45) is -4.77. The third kappa shape index (κ3) is 2.57. The normalized spacial score (nSPS) is 10.8. The fourth-order valence-corrected chi connectivity index (χ4v) is 1.06. The standard InChI is InChI=1S/C8H4F3NOS/c9-8(10,11)13-6-3-1-2-5(4-12)7(6)14/h1-3,14H. The Bertz CT molecular complexity index is 383. The fraction of sp³-hybridized carbons (Fsp3) is 0.125. The number of benzene rings is 1. The van der Waals surface area contributed by atoms with Crippen LogP contribution in [0.25, 0.3) is 0 Å². The Morgan fingerprint density at radius 1 is 1.36 bits per heavy atom. The molecule has 1 aromatic carbocycles. The predicted molar refractivity (Wildman–Crippen MR) is 45.1 cm³/mol. The van der Waals surface area contributed by atoms with E-state index >= 15 is 0 Å². The van der Waals surface area contributed by atoms with Crippen LogP contribution in [0.15, 0.2) is 23.1 Å². The first-order chi connectivity index (χ1) is 6.44. The van der Waals surface area contributed by atoms with E-state index in [0.717, 1.165) is 6.07 Å². The second-order valence-electron chi connectivity index (χ2n) is 2.31. The number of rotatable bonds is 1. The third-order valence-electron chi connectivity index (χ3n) is 1.35. The highest BCUT2D eigenvalue weighted by molar-refractivity contribution is 7.80. The number of hydrogen-bond acceptors (Lipinski definition) is 3. The lowest BCUT2D eigenvalue weighted by atomic mass is 10.2. The van der Waals surface area contributed by atoms with Crippen LogP contribution >= 0.6 is 12.6 Å². The Morgan fingerprint density at radius 3 is 2.50 bits per heavy atom. The van der Waals surface area contributed by atoms with Gasteiger partial charge in [-0.15, -0.1) is 25.8 Å². The van der Waals surface area contributed by atoms with Crippen molar-refractivity contribution < 1.29 is 17.9 Å². The Labute approximate surface area is 83.3 Å². The van der Waals surface area contributed by atoms with Crippen molar-refractivity contribution >= 4 is 12.6 Å². The summed E-state index contributed by atoms with van der Waals surface area (Å²) >= 11 is 3.76. The van der Waals surface area contributed by atoms with Gasteiger partial charge >= 0.3 is 6.36 Å². The largest absolute Gasteiger partial charge is 0.573 e. The molecule has 0 atom stereocenters. The topological polar surface area (TPSA) is 33.0 Å². The second-order valence-corrected chi connectivity index (χ2v) is 2.76. The minimum atomic E-state index is -4.77. The van der Waals surface area contributed by atoms with Gasteiger partial charge in [0.15, 0.2) is 0 Å². The van der Waals surface area contributed by atoms with Crippen molar-refractivity contribution in [3.05, 3.63) is 23.8 Å². The van der Waals surface area contributed by atoms with Gasteiger partial charge in [0, 0.05) is 0 Å². The molecule has 0 bridgehead atoms. The van der Waals surface area contributed by atoms with Gasteiger partial charge < -0.3 is 4.74 Å². The van der Waals surface area contributed by atoms with Crippen molar-refractivity contribution in [1.29, 1.82) is 5.26 Å². The average molecular weight is 219 g/mol. The number of alkyl halides is 3. The van der Waals surface area contributed by atoms with E-state index in [1.807, 2.05) is 0 Å². The Morgan fingerprint density at radius 2 is 2.00 bits per heavy atom. The van der Waals surface area contributed by atoms with Crippen LogP contribution in [0.1, 0.15) is 5.56 Å². The molecule has 0 aliphatic rings. The Hall–Kier alpha value is -1.35. The molecule has 74 valence electrons. The number of nitriles is 1. The lowest BCUT2D eigenvalue weighted by Crippen LogP contribution is -2.17. The summed E-state index contributed by atoms with van der Waals surface area (Å²) < 4.78 is 39.1. The molecule has 0 aliphatic heterocycles. The predicted octanol–water partition coefficient (Wildman–Crippen LogP) is 2.75. The van der Waals surface area contributed by atoms with Crippen LogP contribution in [0.5, 0.6) is 5.75 Å². The number of halogens is 3.